The van der Waals surface area contributed by atoms with Crippen LogP contribution >= 0.6 is 0 Å². The van der Waals surface area contributed by atoms with Gasteiger partial charge in [-0.25, -0.2) is 0 Å². The maximum atomic E-state index is 5.37. The third-order valence-corrected chi connectivity index (χ3v) is 3.24. The average molecular weight is 221 g/mol. The molecule has 1 aromatic carbocycles. The molecule has 0 saturated carbocycles. The maximum Gasteiger partial charge on any atom is 0.123 e. The van der Waals surface area contributed by atoms with E-state index in [1.54, 1.807) is 14.2 Å². The Morgan fingerprint density at radius 1 is 1.31 bits per heavy atom. The van der Waals surface area contributed by atoms with Gasteiger partial charge in [-0.1, -0.05) is 6.07 Å². The summed E-state index contributed by atoms with van der Waals surface area (Å²) >= 11 is 0. The summed E-state index contributed by atoms with van der Waals surface area (Å²) in [7, 11) is 3.50. The highest BCUT2D eigenvalue weighted by molar-refractivity contribution is 5.54. The number of nitrogens with zero attached hydrogens (tertiary/aromatic N) is 1. The Labute approximate surface area is 97.0 Å². The van der Waals surface area contributed by atoms with Gasteiger partial charge in [0.25, 0.3) is 0 Å². The number of hydrogen-bond donors (Lipinski definition) is 0. The van der Waals surface area contributed by atoms with Crippen molar-refractivity contribution in [2.75, 3.05) is 32.2 Å². The Bertz CT molecular complexity index is 365. The summed E-state index contributed by atoms with van der Waals surface area (Å²) in [6.45, 7) is 4.10. The maximum absolute atomic E-state index is 5.37. The lowest BCUT2D eigenvalue weighted by molar-refractivity contribution is 0.121. The van der Waals surface area contributed by atoms with Crippen LogP contribution in [0.25, 0.3) is 0 Å². The molecule has 1 aromatic rings. The Morgan fingerprint density at radius 3 is 2.75 bits per heavy atom. The molecule has 1 saturated heterocycles. The summed E-state index contributed by atoms with van der Waals surface area (Å²) in [5, 5.41) is 0. The van der Waals surface area contributed by atoms with Gasteiger partial charge in [0.1, 0.15) is 5.75 Å². The van der Waals surface area contributed by atoms with E-state index < -0.39 is 0 Å². The van der Waals surface area contributed by atoms with Crippen molar-refractivity contribution in [1.82, 2.24) is 0 Å². The number of anilines is 1. The zero-order valence-electron chi connectivity index (χ0n) is 10.2. The molecule has 1 aliphatic rings. The minimum absolute atomic E-state index is 0.368. The number of ether oxygens (including phenoxy) is 2. The summed E-state index contributed by atoms with van der Waals surface area (Å²) in [6, 6.07) is 6.36. The number of benzene rings is 1. The summed E-state index contributed by atoms with van der Waals surface area (Å²) in [5.41, 5.74) is 2.40. The van der Waals surface area contributed by atoms with Crippen molar-refractivity contribution < 1.29 is 9.47 Å². The molecule has 1 heterocycles. The van der Waals surface area contributed by atoms with Gasteiger partial charge in [0, 0.05) is 32.0 Å². The standard InChI is InChI=1S/C13H19NO2/c1-10-4-5-11(8-13(10)16-3)14-7-6-12(9-14)15-2/h4-5,8,12H,6-7,9H2,1-3H3. The molecule has 1 unspecified atom stereocenters. The van der Waals surface area contributed by atoms with Gasteiger partial charge in [-0.3, -0.25) is 0 Å². The summed E-state index contributed by atoms with van der Waals surface area (Å²) < 4.78 is 10.7. The molecular formula is C13H19NO2. The second-order valence-electron chi connectivity index (χ2n) is 4.25. The molecule has 0 spiro atoms. The lowest BCUT2D eigenvalue weighted by Crippen LogP contribution is -2.22. The smallest absolute Gasteiger partial charge is 0.123 e. The topological polar surface area (TPSA) is 21.7 Å². The molecule has 88 valence electrons. The van der Waals surface area contributed by atoms with Crippen LogP contribution < -0.4 is 9.64 Å². The summed E-state index contributed by atoms with van der Waals surface area (Å²) in [6.07, 6.45) is 1.47. The minimum atomic E-state index is 0.368. The van der Waals surface area contributed by atoms with Gasteiger partial charge in [-0.05, 0) is 25.0 Å². The van der Waals surface area contributed by atoms with Gasteiger partial charge in [0.05, 0.1) is 13.2 Å². The molecular weight excluding hydrogens is 202 g/mol. The highest BCUT2D eigenvalue weighted by Gasteiger charge is 2.22. The molecule has 0 N–H and O–H groups in total. The van der Waals surface area contributed by atoms with E-state index >= 15 is 0 Å². The lowest BCUT2D eigenvalue weighted by Gasteiger charge is -2.19. The van der Waals surface area contributed by atoms with Crippen LogP contribution in [0.15, 0.2) is 18.2 Å². The number of aryl methyl sites for hydroxylation is 1. The first-order valence-electron chi connectivity index (χ1n) is 5.67. The van der Waals surface area contributed by atoms with Crippen LogP contribution in [0.1, 0.15) is 12.0 Å². The molecule has 3 heteroatoms. The fourth-order valence-corrected chi connectivity index (χ4v) is 2.16. The largest absolute Gasteiger partial charge is 0.496 e. The molecule has 1 atom stereocenters. The molecule has 0 amide bonds. The van der Waals surface area contributed by atoms with E-state index in [2.05, 4.69) is 30.0 Å². The van der Waals surface area contributed by atoms with Gasteiger partial charge in [-0.15, -0.1) is 0 Å². The van der Waals surface area contributed by atoms with Gasteiger partial charge >= 0.3 is 0 Å². The van der Waals surface area contributed by atoms with Gasteiger partial charge in [0.15, 0.2) is 0 Å². The predicted molar refractivity (Wildman–Crippen MR) is 65.4 cm³/mol. The van der Waals surface area contributed by atoms with Crippen LogP contribution in [0.2, 0.25) is 0 Å². The minimum Gasteiger partial charge on any atom is -0.496 e. The van der Waals surface area contributed by atoms with Crippen LogP contribution in [-0.4, -0.2) is 33.4 Å². The second-order valence-corrected chi connectivity index (χ2v) is 4.25. The normalized spacial score (nSPS) is 20.2. The molecule has 1 aliphatic heterocycles. The first kappa shape index (κ1) is 11.3. The second kappa shape index (κ2) is 4.74. The van der Waals surface area contributed by atoms with Crippen molar-refractivity contribution in [3.63, 3.8) is 0 Å². The highest BCUT2D eigenvalue weighted by Crippen LogP contribution is 2.27. The third kappa shape index (κ3) is 2.14. The molecule has 0 aromatic heterocycles. The van der Waals surface area contributed by atoms with Gasteiger partial charge in [0.2, 0.25) is 0 Å². The van der Waals surface area contributed by atoms with E-state index in [9.17, 15) is 0 Å². The molecule has 16 heavy (non-hydrogen) atoms. The fraction of sp³-hybridized carbons (Fsp3) is 0.538. The molecule has 1 fully saturated rings. The summed E-state index contributed by atoms with van der Waals surface area (Å²) in [4.78, 5) is 2.34. The first-order chi connectivity index (χ1) is 7.74. The zero-order valence-corrected chi connectivity index (χ0v) is 10.2. The molecule has 2 rings (SSSR count). The third-order valence-electron chi connectivity index (χ3n) is 3.24. The number of hydrogen-bond acceptors (Lipinski definition) is 3. The Kier molecular flexibility index (Phi) is 3.34. The Hall–Kier alpha value is -1.22. The molecule has 0 bridgehead atoms. The van der Waals surface area contributed by atoms with Crippen LogP contribution in [-0.2, 0) is 4.74 Å². The van der Waals surface area contributed by atoms with Crippen molar-refractivity contribution in [2.45, 2.75) is 19.4 Å². The van der Waals surface area contributed by atoms with E-state index in [-0.39, 0.29) is 0 Å². The first-order valence-corrected chi connectivity index (χ1v) is 5.67. The van der Waals surface area contributed by atoms with Crippen LogP contribution in [0.5, 0.6) is 5.75 Å². The van der Waals surface area contributed by atoms with Gasteiger partial charge < -0.3 is 14.4 Å². The monoisotopic (exact) mass is 221 g/mol. The fourth-order valence-electron chi connectivity index (χ4n) is 2.16. The van der Waals surface area contributed by atoms with Crippen molar-refractivity contribution in [3.8, 4) is 5.75 Å². The SMILES string of the molecule is COc1cc(N2CCC(OC)C2)ccc1C. The average Bonchev–Trinajstić information content (AvgIpc) is 2.78. The van der Waals surface area contributed by atoms with Crippen LogP contribution in [0.4, 0.5) is 5.69 Å². The molecule has 3 nitrogen and oxygen atoms in total. The van der Waals surface area contributed by atoms with E-state index in [0.29, 0.717) is 6.10 Å². The number of methoxy groups -OCH3 is 2. The van der Waals surface area contributed by atoms with E-state index in [1.165, 1.54) is 11.3 Å². The number of rotatable bonds is 3. The summed E-state index contributed by atoms with van der Waals surface area (Å²) in [5.74, 6) is 0.957. The van der Waals surface area contributed by atoms with Crippen molar-refractivity contribution in [2.24, 2.45) is 0 Å². The Morgan fingerprint density at radius 2 is 2.12 bits per heavy atom. The van der Waals surface area contributed by atoms with Crippen LogP contribution in [0, 0.1) is 6.92 Å². The van der Waals surface area contributed by atoms with Gasteiger partial charge in [-0.2, -0.15) is 0 Å². The molecule has 0 aliphatic carbocycles. The van der Waals surface area contributed by atoms with Crippen molar-refractivity contribution >= 4 is 5.69 Å². The lowest BCUT2D eigenvalue weighted by atomic mass is 10.2. The van der Waals surface area contributed by atoms with Crippen molar-refractivity contribution in [3.05, 3.63) is 23.8 Å². The quantitative estimate of drug-likeness (QED) is 0.781. The van der Waals surface area contributed by atoms with E-state index in [4.69, 9.17) is 9.47 Å². The predicted octanol–water partition coefficient (Wildman–Crippen LogP) is 2.23. The van der Waals surface area contributed by atoms with E-state index in [0.717, 1.165) is 25.3 Å². The highest BCUT2D eigenvalue weighted by atomic mass is 16.5. The van der Waals surface area contributed by atoms with E-state index in [1.807, 2.05) is 0 Å². The zero-order chi connectivity index (χ0) is 11.5. The molecule has 0 radical (unpaired) electrons. The van der Waals surface area contributed by atoms with Crippen LogP contribution in [0.3, 0.4) is 0 Å². The van der Waals surface area contributed by atoms with Crippen molar-refractivity contribution in [1.29, 1.82) is 0 Å². The Balaban J connectivity index is 2.15.